The maximum absolute atomic E-state index is 10.9. The van der Waals surface area contributed by atoms with Gasteiger partial charge in [-0.25, -0.2) is 0 Å². The van der Waals surface area contributed by atoms with Crippen molar-refractivity contribution < 1.29 is 25.2 Å². The molecule has 0 aromatic rings. The zero-order valence-corrected chi connectivity index (χ0v) is 22.8. The van der Waals surface area contributed by atoms with E-state index in [2.05, 4.69) is 46.8 Å². The second-order valence-corrected chi connectivity index (χ2v) is 14.5. The van der Waals surface area contributed by atoms with Crippen LogP contribution >= 0.6 is 0 Å². The van der Waals surface area contributed by atoms with Gasteiger partial charge in [0.05, 0.1) is 36.6 Å². The molecular weight excluding hydrogens is 440 g/mol. The first-order valence-corrected chi connectivity index (χ1v) is 13.9. The molecule has 3 fully saturated rings. The van der Waals surface area contributed by atoms with Crippen LogP contribution in [-0.2, 0) is 4.74 Å². The van der Waals surface area contributed by atoms with E-state index in [9.17, 15) is 20.4 Å². The lowest BCUT2D eigenvalue weighted by molar-refractivity contribution is -0.164. The van der Waals surface area contributed by atoms with Gasteiger partial charge in [-0.1, -0.05) is 46.8 Å². The van der Waals surface area contributed by atoms with Gasteiger partial charge in [0, 0.05) is 10.8 Å². The number of hydrogen-bond donors (Lipinski definition) is 4. The topological polar surface area (TPSA) is 90.2 Å². The average molecular weight is 489 g/mol. The molecule has 1 heterocycles. The third-order valence-corrected chi connectivity index (χ3v) is 12.0. The predicted molar refractivity (Wildman–Crippen MR) is 136 cm³/mol. The molecule has 0 spiro atoms. The van der Waals surface area contributed by atoms with Crippen LogP contribution in [0.4, 0.5) is 0 Å². The molecule has 0 radical (unpaired) electrons. The zero-order chi connectivity index (χ0) is 25.8. The summed E-state index contributed by atoms with van der Waals surface area (Å²) in [6, 6.07) is 0. The number of aliphatic hydroxyl groups is 4. The van der Waals surface area contributed by atoms with Crippen LogP contribution in [0.25, 0.3) is 0 Å². The molecule has 5 heteroatoms. The highest BCUT2D eigenvalue weighted by molar-refractivity contribution is 5.51. The molecule has 1 aliphatic heterocycles. The molecule has 5 aliphatic rings. The fraction of sp³-hybridized carbons (Fsp3) is 0.867. The number of allylic oxidation sites excluding steroid dienone is 3. The van der Waals surface area contributed by atoms with Crippen molar-refractivity contribution in [1.29, 1.82) is 0 Å². The summed E-state index contributed by atoms with van der Waals surface area (Å²) in [5.41, 5.74) is 1.15. The van der Waals surface area contributed by atoms with E-state index in [1.54, 1.807) is 13.8 Å². The number of fused-ring (bicyclic) bond motifs is 4. The smallest absolute Gasteiger partial charge is 0.0853 e. The molecule has 0 aromatic carbocycles. The van der Waals surface area contributed by atoms with Crippen LogP contribution in [0.5, 0.6) is 0 Å². The van der Waals surface area contributed by atoms with Gasteiger partial charge in [0.1, 0.15) is 0 Å². The van der Waals surface area contributed by atoms with Crippen LogP contribution < -0.4 is 0 Å². The van der Waals surface area contributed by atoms with E-state index >= 15 is 0 Å². The van der Waals surface area contributed by atoms with Gasteiger partial charge in [-0.2, -0.15) is 0 Å². The maximum atomic E-state index is 10.9. The molecule has 10 atom stereocenters. The highest BCUT2D eigenvalue weighted by Crippen LogP contribution is 2.73. The summed E-state index contributed by atoms with van der Waals surface area (Å²) < 4.78 is 6.68. The summed E-state index contributed by atoms with van der Waals surface area (Å²) in [4.78, 5) is 0. The summed E-state index contributed by atoms with van der Waals surface area (Å²) in [7, 11) is 0. The molecule has 5 rings (SSSR count). The van der Waals surface area contributed by atoms with Gasteiger partial charge in [-0.05, 0) is 92.1 Å². The van der Waals surface area contributed by atoms with Crippen LogP contribution in [0.1, 0.15) is 87.0 Å². The molecule has 0 unspecified atom stereocenters. The fourth-order valence-corrected chi connectivity index (χ4v) is 9.53. The van der Waals surface area contributed by atoms with Crippen molar-refractivity contribution in [3.63, 3.8) is 0 Å². The normalized spacial score (nSPS) is 49.3. The van der Waals surface area contributed by atoms with Crippen molar-refractivity contribution in [3.05, 3.63) is 23.3 Å². The molecule has 198 valence electrons. The van der Waals surface area contributed by atoms with Crippen LogP contribution in [0.15, 0.2) is 23.3 Å². The van der Waals surface area contributed by atoms with Gasteiger partial charge in [0.25, 0.3) is 0 Å². The van der Waals surface area contributed by atoms with E-state index in [1.807, 2.05) is 0 Å². The lowest BCUT2D eigenvalue weighted by Crippen LogP contribution is -2.61. The summed E-state index contributed by atoms with van der Waals surface area (Å²) in [5.74, 6) is 1.16. The van der Waals surface area contributed by atoms with Gasteiger partial charge in [-0.3, -0.25) is 0 Å². The molecule has 4 N–H and O–H groups in total. The Balaban J connectivity index is 1.50. The first-order valence-electron chi connectivity index (χ1n) is 13.9. The van der Waals surface area contributed by atoms with Gasteiger partial charge in [0.15, 0.2) is 0 Å². The summed E-state index contributed by atoms with van der Waals surface area (Å²) in [5, 5.41) is 42.5. The molecule has 0 aromatic heterocycles. The third-order valence-electron chi connectivity index (χ3n) is 12.0. The number of ether oxygens (including phenoxy) is 1. The first-order chi connectivity index (χ1) is 16.1. The Labute approximate surface area is 211 Å². The van der Waals surface area contributed by atoms with Crippen molar-refractivity contribution in [2.45, 2.75) is 117 Å². The minimum atomic E-state index is -1.08. The zero-order valence-electron chi connectivity index (χ0n) is 22.8. The van der Waals surface area contributed by atoms with Crippen molar-refractivity contribution in [2.75, 3.05) is 6.61 Å². The van der Waals surface area contributed by atoms with E-state index in [0.29, 0.717) is 31.3 Å². The molecular formula is C30H48O5. The largest absolute Gasteiger partial charge is 0.390 e. The van der Waals surface area contributed by atoms with Crippen molar-refractivity contribution >= 4 is 0 Å². The average Bonchev–Trinajstić information content (AvgIpc) is 3.04. The van der Waals surface area contributed by atoms with E-state index in [-0.39, 0.29) is 33.7 Å². The van der Waals surface area contributed by atoms with Gasteiger partial charge in [-0.15, -0.1) is 0 Å². The molecule has 0 amide bonds. The third kappa shape index (κ3) is 3.37. The number of hydrogen-bond acceptors (Lipinski definition) is 5. The molecule has 1 saturated heterocycles. The maximum Gasteiger partial charge on any atom is 0.0853 e. The minimum Gasteiger partial charge on any atom is -0.390 e. The monoisotopic (exact) mass is 488 g/mol. The molecule has 4 aliphatic carbocycles. The van der Waals surface area contributed by atoms with Crippen LogP contribution in [0.2, 0.25) is 0 Å². The van der Waals surface area contributed by atoms with Crippen LogP contribution in [0.3, 0.4) is 0 Å². The second kappa shape index (κ2) is 7.89. The van der Waals surface area contributed by atoms with Gasteiger partial charge >= 0.3 is 0 Å². The second-order valence-electron chi connectivity index (χ2n) is 14.5. The summed E-state index contributed by atoms with van der Waals surface area (Å²) in [6.45, 7) is 15.5. The lowest BCUT2D eigenvalue weighted by atomic mass is 9.43. The Kier molecular flexibility index (Phi) is 5.84. The van der Waals surface area contributed by atoms with Crippen molar-refractivity contribution in [3.8, 4) is 0 Å². The van der Waals surface area contributed by atoms with E-state index in [4.69, 9.17) is 4.74 Å². The van der Waals surface area contributed by atoms with E-state index < -0.39 is 23.9 Å². The SMILES string of the molecule is CC(C)(O)[C@H](O)CC[C@H]1CO[C@@H]2C=C3C(=CC[C@H]4C(C)(C)[C@@H](O)[C@H](O)C[C@]34C)[C@]3(C)CC[C@H]1[C@@]23C. The predicted octanol–water partition coefficient (Wildman–Crippen LogP) is 4.38. The molecule has 0 bridgehead atoms. The Bertz CT molecular complexity index is 930. The number of rotatable bonds is 4. The fourth-order valence-electron chi connectivity index (χ4n) is 9.53. The van der Waals surface area contributed by atoms with E-state index in [0.717, 1.165) is 25.7 Å². The molecule has 35 heavy (non-hydrogen) atoms. The molecule has 5 nitrogen and oxygen atoms in total. The highest BCUT2D eigenvalue weighted by atomic mass is 16.5. The van der Waals surface area contributed by atoms with Crippen LogP contribution in [-0.4, -0.2) is 57.0 Å². The van der Waals surface area contributed by atoms with Crippen molar-refractivity contribution in [1.82, 2.24) is 0 Å². The number of aliphatic hydroxyl groups excluding tert-OH is 3. The highest BCUT2D eigenvalue weighted by Gasteiger charge is 2.68. The van der Waals surface area contributed by atoms with E-state index in [1.165, 1.54) is 11.1 Å². The Morgan fingerprint density at radius 2 is 1.80 bits per heavy atom. The van der Waals surface area contributed by atoms with Gasteiger partial charge in [0.2, 0.25) is 0 Å². The summed E-state index contributed by atoms with van der Waals surface area (Å²) >= 11 is 0. The first kappa shape index (κ1) is 25.9. The lowest BCUT2D eigenvalue weighted by Gasteiger charge is -2.64. The Morgan fingerprint density at radius 1 is 1.11 bits per heavy atom. The standard InChI is InChI=1S/C30H48O5/c1-26(2)22-10-9-19-20(28(22,5)15-21(31)25(26)33)14-24-30(7)18(12-13-29(19,30)6)17(16-35-24)8-11-23(32)27(3,4)34/h9,14,17-18,21-25,31-34H,8,10-13,15-16H2,1-7H3/t17-,18+,21+,22-,23+,24+,25-,28+,29-,30-/m0/s1. The van der Waals surface area contributed by atoms with Crippen molar-refractivity contribution in [2.24, 2.45) is 39.4 Å². The summed E-state index contributed by atoms with van der Waals surface area (Å²) in [6.07, 6.45) is 8.00. The quantitative estimate of drug-likeness (QED) is 0.472. The Morgan fingerprint density at radius 3 is 2.46 bits per heavy atom. The van der Waals surface area contributed by atoms with Gasteiger partial charge < -0.3 is 25.2 Å². The Hall–Kier alpha value is -0.720. The minimum absolute atomic E-state index is 0.000902. The molecule has 2 saturated carbocycles. The van der Waals surface area contributed by atoms with Crippen LogP contribution in [0, 0.1) is 39.4 Å².